The van der Waals surface area contributed by atoms with Crippen LogP contribution in [-0.4, -0.2) is 56.6 Å². The molecular formula is C16H20N4O2S. The number of carbonyl (C=O) groups is 1. The molecule has 3 rings (SSSR count). The third-order valence-corrected chi connectivity index (χ3v) is 4.58. The van der Waals surface area contributed by atoms with Gasteiger partial charge in [0, 0.05) is 18.8 Å². The fraction of sp³-hybridized carbons (Fsp3) is 0.438. The highest BCUT2D eigenvalue weighted by molar-refractivity contribution is 7.99. The maximum Gasteiger partial charge on any atom is 0.233 e. The SMILES string of the molecule is C[C@@H]1CN(C(=O)CSc2nncn2-c2ccccc2)C[C@H](C)O1. The van der Waals surface area contributed by atoms with Gasteiger partial charge in [-0.15, -0.1) is 10.2 Å². The number of benzene rings is 1. The van der Waals surface area contributed by atoms with Crippen molar-refractivity contribution in [3.63, 3.8) is 0 Å². The summed E-state index contributed by atoms with van der Waals surface area (Å²) >= 11 is 1.41. The molecule has 1 aliphatic heterocycles. The highest BCUT2D eigenvalue weighted by atomic mass is 32.2. The van der Waals surface area contributed by atoms with Gasteiger partial charge < -0.3 is 9.64 Å². The van der Waals surface area contributed by atoms with Crippen LogP contribution >= 0.6 is 11.8 Å². The molecule has 122 valence electrons. The Morgan fingerprint density at radius 2 is 1.96 bits per heavy atom. The van der Waals surface area contributed by atoms with Gasteiger partial charge in [0.1, 0.15) is 6.33 Å². The van der Waals surface area contributed by atoms with E-state index in [1.54, 1.807) is 6.33 Å². The quantitative estimate of drug-likeness (QED) is 0.802. The molecule has 1 aromatic heterocycles. The van der Waals surface area contributed by atoms with Gasteiger partial charge in [-0.05, 0) is 26.0 Å². The number of nitrogens with zero attached hydrogens (tertiary/aromatic N) is 4. The average Bonchev–Trinajstić information content (AvgIpc) is 3.01. The van der Waals surface area contributed by atoms with Crippen molar-refractivity contribution in [2.24, 2.45) is 0 Å². The summed E-state index contributed by atoms with van der Waals surface area (Å²) in [6.45, 7) is 5.29. The molecule has 1 aromatic carbocycles. The molecule has 2 atom stereocenters. The standard InChI is InChI=1S/C16H20N4O2S/c1-12-8-19(9-13(2)22-12)15(21)10-23-16-18-17-11-20(16)14-6-4-3-5-7-14/h3-7,11-13H,8-10H2,1-2H3/t12-,13+. The molecule has 0 spiro atoms. The number of morpholine rings is 1. The van der Waals surface area contributed by atoms with Gasteiger partial charge >= 0.3 is 0 Å². The van der Waals surface area contributed by atoms with E-state index in [9.17, 15) is 4.79 Å². The topological polar surface area (TPSA) is 60.2 Å². The third kappa shape index (κ3) is 3.92. The van der Waals surface area contributed by atoms with E-state index >= 15 is 0 Å². The van der Waals surface area contributed by atoms with E-state index in [0.717, 1.165) is 10.8 Å². The molecule has 1 amide bonds. The molecule has 0 N–H and O–H groups in total. The fourth-order valence-electron chi connectivity index (χ4n) is 2.69. The van der Waals surface area contributed by atoms with E-state index in [1.165, 1.54) is 11.8 Å². The van der Waals surface area contributed by atoms with Gasteiger partial charge in [0.25, 0.3) is 0 Å². The molecule has 2 heterocycles. The Morgan fingerprint density at radius 3 is 2.65 bits per heavy atom. The number of hydrogen-bond donors (Lipinski definition) is 0. The Kier molecular flexibility index (Phi) is 4.97. The van der Waals surface area contributed by atoms with Crippen molar-refractivity contribution in [3.05, 3.63) is 36.7 Å². The monoisotopic (exact) mass is 332 g/mol. The number of ether oxygens (including phenoxy) is 1. The van der Waals surface area contributed by atoms with E-state index in [4.69, 9.17) is 4.74 Å². The Balaban J connectivity index is 1.63. The fourth-order valence-corrected chi connectivity index (χ4v) is 3.52. The summed E-state index contributed by atoms with van der Waals surface area (Å²) in [6, 6.07) is 9.86. The molecule has 0 unspecified atom stereocenters. The summed E-state index contributed by atoms with van der Waals surface area (Å²) in [5.74, 6) is 0.463. The molecule has 7 heteroatoms. The molecule has 2 aromatic rings. The van der Waals surface area contributed by atoms with E-state index in [-0.39, 0.29) is 18.1 Å². The van der Waals surface area contributed by atoms with Crippen LogP contribution in [0.4, 0.5) is 0 Å². The van der Waals surface area contributed by atoms with Crippen LogP contribution in [0.1, 0.15) is 13.8 Å². The molecule has 6 nitrogen and oxygen atoms in total. The van der Waals surface area contributed by atoms with E-state index < -0.39 is 0 Å². The van der Waals surface area contributed by atoms with Crippen LogP contribution < -0.4 is 0 Å². The molecule has 0 aliphatic carbocycles. The van der Waals surface area contributed by atoms with Crippen LogP contribution in [0.25, 0.3) is 5.69 Å². The van der Waals surface area contributed by atoms with Crippen LogP contribution in [-0.2, 0) is 9.53 Å². The van der Waals surface area contributed by atoms with Crippen molar-refractivity contribution in [1.82, 2.24) is 19.7 Å². The van der Waals surface area contributed by atoms with Crippen LogP contribution in [0.3, 0.4) is 0 Å². The second-order valence-electron chi connectivity index (χ2n) is 5.66. The number of hydrogen-bond acceptors (Lipinski definition) is 5. The minimum Gasteiger partial charge on any atom is -0.372 e. The normalized spacial score (nSPS) is 21.4. The summed E-state index contributed by atoms with van der Waals surface area (Å²) in [5, 5.41) is 8.80. The molecule has 23 heavy (non-hydrogen) atoms. The van der Waals surface area contributed by atoms with Crippen molar-refractivity contribution in [2.45, 2.75) is 31.2 Å². The summed E-state index contributed by atoms with van der Waals surface area (Å²) in [6.07, 6.45) is 1.84. The number of rotatable bonds is 4. The predicted molar refractivity (Wildman–Crippen MR) is 88.7 cm³/mol. The van der Waals surface area contributed by atoms with Crippen LogP contribution in [0.15, 0.2) is 41.8 Å². The van der Waals surface area contributed by atoms with Crippen molar-refractivity contribution < 1.29 is 9.53 Å². The van der Waals surface area contributed by atoms with Crippen molar-refractivity contribution >= 4 is 17.7 Å². The predicted octanol–water partition coefficient (Wildman–Crippen LogP) is 2.00. The van der Waals surface area contributed by atoms with Gasteiger partial charge in [-0.25, -0.2) is 0 Å². The van der Waals surface area contributed by atoms with Gasteiger partial charge in [-0.3, -0.25) is 9.36 Å². The highest BCUT2D eigenvalue weighted by Crippen LogP contribution is 2.20. The first-order chi connectivity index (χ1) is 11.1. The molecule has 1 saturated heterocycles. The van der Waals surface area contributed by atoms with Crippen LogP contribution in [0.2, 0.25) is 0 Å². The summed E-state index contributed by atoms with van der Waals surface area (Å²) in [5.41, 5.74) is 0.987. The first-order valence-corrected chi connectivity index (χ1v) is 8.63. The lowest BCUT2D eigenvalue weighted by Gasteiger charge is -2.35. The second-order valence-corrected chi connectivity index (χ2v) is 6.61. The molecule has 0 saturated carbocycles. The van der Waals surface area contributed by atoms with E-state index in [2.05, 4.69) is 10.2 Å². The zero-order chi connectivity index (χ0) is 16.2. The number of para-hydroxylation sites is 1. The van der Waals surface area contributed by atoms with Gasteiger partial charge in [0.05, 0.1) is 18.0 Å². The Hall–Kier alpha value is -1.86. The summed E-state index contributed by atoms with van der Waals surface area (Å²) in [7, 11) is 0. The molecule has 1 fully saturated rings. The lowest BCUT2D eigenvalue weighted by Crippen LogP contribution is -2.48. The number of carbonyl (C=O) groups excluding carboxylic acids is 1. The first kappa shape index (κ1) is 16.0. The van der Waals surface area contributed by atoms with Crippen molar-refractivity contribution in [2.75, 3.05) is 18.8 Å². The smallest absolute Gasteiger partial charge is 0.233 e. The van der Waals surface area contributed by atoms with Crippen molar-refractivity contribution in [3.8, 4) is 5.69 Å². The molecule has 0 radical (unpaired) electrons. The second kappa shape index (κ2) is 7.14. The lowest BCUT2D eigenvalue weighted by molar-refractivity contribution is -0.140. The van der Waals surface area contributed by atoms with E-state index in [1.807, 2.05) is 53.6 Å². The minimum absolute atomic E-state index is 0.0840. The maximum absolute atomic E-state index is 12.4. The number of amides is 1. The zero-order valence-corrected chi connectivity index (χ0v) is 14.1. The van der Waals surface area contributed by atoms with Crippen molar-refractivity contribution in [1.29, 1.82) is 0 Å². The summed E-state index contributed by atoms with van der Waals surface area (Å²) < 4.78 is 7.56. The maximum atomic E-state index is 12.4. The first-order valence-electron chi connectivity index (χ1n) is 7.65. The third-order valence-electron chi connectivity index (χ3n) is 3.65. The van der Waals surface area contributed by atoms with Gasteiger partial charge in [0.15, 0.2) is 5.16 Å². The Labute approximate surface area is 139 Å². The Morgan fingerprint density at radius 1 is 1.26 bits per heavy atom. The van der Waals surface area contributed by atoms with Crippen LogP contribution in [0.5, 0.6) is 0 Å². The largest absolute Gasteiger partial charge is 0.372 e. The average molecular weight is 332 g/mol. The number of aromatic nitrogens is 3. The highest BCUT2D eigenvalue weighted by Gasteiger charge is 2.26. The number of thioether (sulfide) groups is 1. The minimum atomic E-state index is 0.0840. The molecular weight excluding hydrogens is 312 g/mol. The summed E-state index contributed by atoms with van der Waals surface area (Å²) in [4.78, 5) is 14.3. The molecule has 1 aliphatic rings. The van der Waals surface area contributed by atoms with Crippen LogP contribution in [0, 0.1) is 0 Å². The Bertz CT molecular complexity index is 651. The van der Waals surface area contributed by atoms with Gasteiger partial charge in [0.2, 0.25) is 5.91 Å². The van der Waals surface area contributed by atoms with E-state index in [0.29, 0.717) is 18.8 Å². The zero-order valence-electron chi connectivity index (χ0n) is 13.3. The van der Waals surface area contributed by atoms with Gasteiger partial charge in [-0.2, -0.15) is 0 Å². The molecule has 0 bridgehead atoms. The lowest BCUT2D eigenvalue weighted by atomic mass is 10.2. The van der Waals surface area contributed by atoms with Gasteiger partial charge in [-0.1, -0.05) is 30.0 Å².